The van der Waals surface area contributed by atoms with Crippen molar-refractivity contribution in [2.75, 3.05) is 11.9 Å². The van der Waals surface area contributed by atoms with Gasteiger partial charge in [-0.1, -0.05) is 50.2 Å². The Kier molecular flexibility index (Phi) is 8.48. The largest absolute Gasteiger partial charge is 0.494 e. The number of anilines is 1. The van der Waals surface area contributed by atoms with Crippen molar-refractivity contribution in [2.24, 2.45) is 5.10 Å². The van der Waals surface area contributed by atoms with Crippen molar-refractivity contribution in [1.82, 2.24) is 14.2 Å². The third kappa shape index (κ3) is 6.04. The van der Waals surface area contributed by atoms with Gasteiger partial charge in [0.05, 0.1) is 23.7 Å². The first-order chi connectivity index (χ1) is 22.2. The van der Waals surface area contributed by atoms with E-state index in [-0.39, 0.29) is 23.9 Å². The first-order valence-electron chi connectivity index (χ1n) is 15.2. The Morgan fingerprint density at radius 1 is 1.02 bits per heavy atom. The third-order valence-electron chi connectivity index (χ3n) is 7.83. The van der Waals surface area contributed by atoms with Crippen LogP contribution in [0.3, 0.4) is 0 Å². The van der Waals surface area contributed by atoms with Crippen molar-refractivity contribution in [1.29, 1.82) is 0 Å². The summed E-state index contributed by atoms with van der Waals surface area (Å²) in [5.41, 5.74) is 4.88. The zero-order chi connectivity index (χ0) is 32.4. The number of benzene rings is 4. The zero-order valence-electron chi connectivity index (χ0n) is 26.1. The average Bonchev–Trinajstić information content (AvgIpc) is 3.37. The summed E-state index contributed by atoms with van der Waals surface area (Å²) in [4.78, 5) is 31.8. The lowest BCUT2D eigenvalue weighted by Gasteiger charge is -2.18. The molecule has 6 rings (SSSR count). The summed E-state index contributed by atoms with van der Waals surface area (Å²) in [5, 5.41) is 8.78. The number of rotatable bonds is 9. The fraction of sp³-hybridized carbons (Fsp3) is 0.189. The number of para-hydroxylation sites is 2. The van der Waals surface area contributed by atoms with Crippen molar-refractivity contribution in [2.45, 2.75) is 40.2 Å². The zero-order valence-corrected chi connectivity index (χ0v) is 26.1. The highest BCUT2D eigenvalue weighted by atomic mass is 19.1. The number of amides is 1. The van der Waals surface area contributed by atoms with E-state index >= 15 is 0 Å². The number of carbonyl (C=O) groups excluding carboxylic acids is 1. The summed E-state index contributed by atoms with van der Waals surface area (Å²) < 4.78 is 22.7. The summed E-state index contributed by atoms with van der Waals surface area (Å²) in [6.07, 6.45) is 3.44. The van der Waals surface area contributed by atoms with Crippen LogP contribution < -0.4 is 15.6 Å². The summed E-state index contributed by atoms with van der Waals surface area (Å²) >= 11 is 0. The molecule has 0 bridgehead atoms. The summed E-state index contributed by atoms with van der Waals surface area (Å²) in [6.45, 7) is 8.67. The monoisotopic (exact) mass is 615 g/mol. The Bertz CT molecular complexity index is 2180. The van der Waals surface area contributed by atoms with E-state index in [2.05, 4.69) is 19.2 Å². The number of hydrogen-bond donors (Lipinski definition) is 1. The van der Waals surface area contributed by atoms with Crippen molar-refractivity contribution >= 4 is 39.6 Å². The van der Waals surface area contributed by atoms with Crippen LogP contribution in [-0.2, 0) is 11.3 Å². The molecule has 0 fully saturated rings. The lowest BCUT2D eigenvalue weighted by molar-refractivity contribution is -0.116. The molecule has 0 aliphatic carbocycles. The molecule has 0 aliphatic heterocycles. The van der Waals surface area contributed by atoms with Gasteiger partial charge in [-0.25, -0.2) is 9.37 Å². The van der Waals surface area contributed by atoms with Crippen LogP contribution in [0.1, 0.15) is 43.4 Å². The highest BCUT2D eigenvalue weighted by Crippen LogP contribution is 2.34. The first kappa shape index (κ1) is 30.5. The Hall–Kier alpha value is -5.57. The fourth-order valence-corrected chi connectivity index (χ4v) is 5.63. The van der Waals surface area contributed by atoms with Gasteiger partial charge < -0.3 is 14.6 Å². The van der Waals surface area contributed by atoms with Crippen LogP contribution in [-0.4, -0.2) is 33.0 Å². The standard InChI is InChI=1S/C37H34FN5O3/c1-5-46-34-17-24(4)31(19-30(34)23(2)3)36-41-32-15-8-6-14-29(32)37(45)43(36)39-20-25-21-42(33-16-9-7-13-28(25)33)22-35(44)40-27-12-10-11-26(38)18-27/h6-21,23H,5,22H2,1-4H3,(H,40,44). The molecule has 9 heteroatoms. The molecule has 6 aromatic rings. The number of hydrogen-bond acceptors (Lipinski definition) is 5. The number of aromatic nitrogens is 3. The quantitative estimate of drug-likeness (QED) is 0.171. The van der Waals surface area contributed by atoms with Gasteiger partial charge in [-0.05, 0) is 79.4 Å². The van der Waals surface area contributed by atoms with E-state index < -0.39 is 5.82 Å². The maximum atomic E-state index is 14.0. The molecule has 2 aromatic heterocycles. The highest BCUT2D eigenvalue weighted by molar-refractivity contribution is 6.00. The van der Waals surface area contributed by atoms with Crippen molar-refractivity contribution in [3.8, 4) is 17.1 Å². The van der Waals surface area contributed by atoms with Gasteiger partial charge in [0.1, 0.15) is 18.1 Å². The third-order valence-corrected chi connectivity index (χ3v) is 7.83. The Labute approximate surface area is 265 Å². The maximum absolute atomic E-state index is 14.0. The predicted octanol–water partition coefficient (Wildman–Crippen LogP) is 7.51. The van der Waals surface area contributed by atoms with E-state index in [0.717, 1.165) is 33.3 Å². The Morgan fingerprint density at radius 3 is 2.54 bits per heavy atom. The molecule has 0 radical (unpaired) electrons. The molecule has 4 aromatic carbocycles. The molecular formula is C37H34FN5O3. The lowest BCUT2D eigenvalue weighted by atomic mass is 9.96. The number of fused-ring (bicyclic) bond motifs is 2. The van der Waals surface area contributed by atoms with Crippen LogP contribution in [0.5, 0.6) is 5.75 Å². The van der Waals surface area contributed by atoms with Crippen LogP contribution in [0, 0.1) is 12.7 Å². The molecule has 1 N–H and O–H groups in total. The molecule has 0 unspecified atom stereocenters. The molecular weight excluding hydrogens is 581 g/mol. The van der Waals surface area contributed by atoms with Gasteiger partial charge in [0.25, 0.3) is 5.56 Å². The number of aryl methyl sites for hydroxylation is 1. The molecule has 232 valence electrons. The SMILES string of the molecule is CCOc1cc(C)c(-c2nc3ccccc3c(=O)n2N=Cc2cn(CC(=O)Nc3cccc(F)c3)c3ccccc23)cc1C(C)C. The van der Waals surface area contributed by atoms with E-state index in [1.807, 2.05) is 68.6 Å². The van der Waals surface area contributed by atoms with Crippen LogP contribution in [0.15, 0.2) is 101 Å². The molecule has 0 atom stereocenters. The highest BCUT2D eigenvalue weighted by Gasteiger charge is 2.19. The summed E-state index contributed by atoms with van der Waals surface area (Å²) in [7, 11) is 0. The van der Waals surface area contributed by atoms with Crippen molar-refractivity contribution in [3.05, 3.63) is 124 Å². The first-order valence-corrected chi connectivity index (χ1v) is 15.2. The van der Waals surface area contributed by atoms with Gasteiger partial charge in [0.2, 0.25) is 5.91 Å². The molecule has 1 amide bonds. The minimum absolute atomic E-state index is 0.00303. The number of halogens is 1. The molecule has 2 heterocycles. The second-order valence-electron chi connectivity index (χ2n) is 11.4. The molecule has 0 saturated carbocycles. The predicted molar refractivity (Wildman–Crippen MR) is 181 cm³/mol. The van der Waals surface area contributed by atoms with Gasteiger partial charge in [-0.3, -0.25) is 9.59 Å². The summed E-state index contributed by atoms with van der Waals surface area (Å²) in [6, 6.07) is 24.7. The van der Waals surface area contributed by atoms with Crippen LogP contribution in [0.2, 0.25) is 0 Å². The van der Waals surface area contributed by atoms with E-state index in [9.17, 15) is 14.0 Å². The van der Waals surface area contributed by atoms with Crippen LogP contribution in [0.4, 0.5) is 10.1 Å². The molecule has 0 saturated heterocycles. The smallest absolute Gasteiger partial charge is 0.282 e. The van der Waals surface area contributed by atoms with E-state index in [1.54, 1.807) is 35.0 Å². The van der Waals surface area contributed by atoms with Gasteiger partial charge in [0, 0.05) is 33.9 Å². The topological polar surface area (TPSA) is 90.5 Å². The van der Waals surface area contributed by atoms with Crippen LogP contribution >= 0.6 is 0 Å². The number of ether oxygens (including phenoxy) is 1. The fourth-order valence-electron chi connectivity index (χ4n) is 5.63. The average molecular weight is 616 g/mol. The normalized spacial score (nSPS) is 11.6. The van der Waals surface area contributed by atoms with Crippen LogP contribution in [0.25, 0.3) is 33.2 Å². The molecule has 46 heavy (non-hydrogen) atoms. The summed E-state index contributed by atoms with van der Waals surface area (Å²) in [5.74, 6) is 0.668. The minimum Gasteiger partial charge on any atom is -0.494 e. The second-order valence-corrected chi connectivity index (χ2v) is 11.4. The van der Waals surface area contributed by atoms with Gasteiger partial charge in [-0.15, -0.1) is 0 Å². The Morgan fingerprint density at radius 2 is 1.78 bits per heavy atom. The molecule has 0 aliphatic rings. The molecule has 0 spiro atoms. The number of carbonyl (C=O) groups is 1. The van der Waals surface area contributed by atoms with E-state index in [4.69, 9.17) is 14.8 Å². The van der Waals surface area contributed by atoms with Gasteiger partial charge in [0.15, 0.2) is 5.82 Å². The van der Waals surface area contributed by atoms with Gasteiger partial charge in [-0.2, -0.15) is 9.78 Å². The van der Waals surface area contributed by atoms with Crippen molar-refractivity contribution in [3.63, 3.8) is 0 Å². The Balaban J connectivity index is 1.44. The van der Waals surface area contributed by atoms with E-state index in [0.29, 0.717) is 34.6 Å². The maximum Gasteiger partial charge on any atom is 0.282 e. The van der Waals surface area contributed by atoms with Crippen molar-refractivity contribution < 1.29 is 13.9 Å². The molecule has 8 nitrogen and oxygen atoms in total. The van der Waals surface area contributed by atoms with E-state index in [1.165, 1.54) is 16.8 Å². The number of nitrogens with one attached hydrogen (secondary N) is 1. The number of nitrogens with zero attached hydrogens (tertiary/aromatic N) is 4. The second kappa shape index (κ2) is 12.8. The minimum atomic E-state index is -0.429. The lowest BCUT2D eigenvalue weighted by Crippen LogP contribution is -2.21. The van der Waals surface area contributed by atoms with Gasteiger partial charge >= 0.3 is 0 Å².